The number of hydrogen-bond donors (Lipinski definition) is 1. The number of likely N-dealkylation sites (tertiary alicyclic amines) is 2. The van der Waals surface area contributed by atoms with Crippen molar-refractivity contribution in [3.8, 4) is 16.9 Å². The summed E-state index contributed by atoms with van der Waals surface area (Å²) in [6.45, 7) is 7.07. The van der Waals surface area contributed by atoms with Crippen LogP contribution in [0.15, 0.2) is 42.6 Å². The molecule has 0 spiro atoms. The first kappa shape index (κ1) is 27.3. The van der Waals surface area contributed by atoms with Gasteiger partial charge in [0.25, 0.3) is 5.91 Å². The van der Waals surface area contributed by atoms with Crippen molar-refractivity contribution in [2.24, 2.45) is 0 Å². The van der Waals surface area contributed by atoms with Crippen LogP contribution in [-0.2, 0) is 0 Å². The van der Waals surface area contributed by atoms with Crippen LogP contribution in [0.1, 0.15) is 60.2 Å². The molecule has 0 aliphatic carbocycles. The number of ether oxygens (including phenoxy) is 1. The second-order valence-electron chi connectivity index (χ2n) is 10.4. The van der Waals surface area contributed by atoms with Crippen molar-refractivity contribution in [1.82, 2.24) is 14.8 Å². The molecule has 2 aliphatic heterocycles. The smallest absolute Gasteiger partial charge is 0.256 e. The summed E-state index contributed by atoms with van der Waals surface area (Å²) >= 11 is 6.22. The Balaban J connectivity index is 1.34. The molecule has 39 heavy (non-hydrogen) atoms. The quantitative estimate of drug-likeness (QED) is 0.381. The summed E-state index contributed by atoms with van der Waals surface area (Å²) in [6.07, 6.45) is 5.23. The Morgan fingerprint density at radius 3 is 2.46 bits per heavy atom. The molecule has 206 valence electrons. The Labute approximate surface area is 232 Å². The zero-order valence-electron chi connectivity index (χ0n) is 22.2. The minimum Gasteiger partial charge on any atom is -0.482 e. The van der Waals surface area contributed by atoms with E-state index in [0.29, 0.717) is 35.8 Å². The normalized spacial score (nSPS) is 17.4. The molecule has 9 heteroatoms. The fourth-order valence-corrected chi connectivity index (χ4v) is 6.06. The van der Waals surface area contributed by atoms with Crippen LogP contribution in [0.5, 0.6) is 5.75 Å². The fourth-order valence-electron chi connectivity index (χ4n) is 5.70. The molecule has 1 amide bonds. The molecular weight excluding hydrogens is 522 g/mol. The fraction of sp³-hybridized carbons (Fsp3) is 0.400. The summed E-state index contributed by atoms with van der Waals surface area (Å²) in [5.74, 6) is -0.971. The summed E-state index contributed by atoms with van der Waals surface area (Å²) in [6, 6.07) is 9.59. The number of pyridine rings is 1. The van der Waals surface area contributed by atoms with Gasteiger partial charge >= 0.3 is 0 Å². The van der Waals surface area contributed by atoms with E-state index in [0.717, 1.165) is 31.5 Å². The molecule has 3 heterocycles. The van der Waals surface area contributed by atoms with Crippen molar-refractivity contribution in [2.45, 2.75) is 51.7 Å². The van der Waals surface area contributed by atoms with Crippen molar-refractivity contribution in [3.63, 3.8) is 0 Å². The van der Waals surface area contributed by atoms with E-state index in [1.54, 1.807) is 42.3 Å². The molecule has 3 aromatic rings. The molecule has 1 aromatic heterocycles. The first-order chi connectivity index (χ1) is 18.7. The Bertz CT molecular complexity index is 1370. The summed E-state index contributed by atoms with van der Waals surface area (Å²) in [5.41, 5.74) is 8.63. The number of piperidine rings is 1. The number of nitrogen functional groups attached to an aromatic ring is 1. The third-order valence-electron chi connectivity index (χ3n) is 7.88. The summed E-state index contributed by atoms with van der Waals surface area (Å²) in [7, 11) is 0. The van der Waals surface area contributed by atoms with Crippen LogP contribution >= 0.6 is 11.6 Å². The standard InChI is InChI=1S/C30H33ClF2N4O2/c1-18-5-7-25(33)28(31)27(18)19(2)39-26-16-21(17-35-29(26)34)20-6-8-24(32)23(15-20)30(38)37-13-9-22(10-14-37)36-11-3-4-12-36/h5-8,15-17,19,22H,3-4,9-14H2,1-2H3,(H2,34,35). The Kier molecular flexibility index (Phi) is 8.05. The topological polar surface area (TPSA) is 71.7 Å². The SMILES string of the molecule is Cc1ccc(F)c(Cl)c1C(C)Oc1cc(-c2ccc(F)c(C(=O)N3CCC(N4CCCC4)CC3)c2)cnc1N. The Morgan fingerprint density at radius 1 is 1.05 bits per heavy atom. The van der Waals surface area contributed by atoms with Crippen LogP contribution in [0.4, 0.5) is 14.6 Å². The van der Waals surface area contributed by atoms with Crippen LogP contribution in [-0.4, -0.2) is 52.9 Å². The minimum atomic E-state index is -0.610. The number of nitrogens with two attached hydrogens (primary N) is 1. The lowest BCUT2D eigenvalue weighted by molar-refractivity contribution is 0.0640. The van der Waals surface area contributed by atoms with E-state index in [1.807, 2.05) is 6.92 Å². The van der Waals surface area contributed by atoms with Crippen LogP contribution in [0.25, 0.3) is 11.1 Å². The maximum absolute atomic E-state index is 14.9. The summed E-state index contributed by atoms with van der Waals surface area (Å²) in [4.78, 5) is 21.8. The van der Waals surface area contributed by atoms with Crippen LogP contribution in [0, 0.1) is 18.6 Å². The number of amides is 1. The molecule has 0 radical (unpaired) electrons. The second kappa shape index (κ2) is 11.5. The number of nitrogens with zero attached hydrogens (tertiary/aromatic N) is 3. The summed E-state index contributed by atoms with van der Waals surface area (Å²) in [5, 5.41) is -0.00339. The van der Waals surface area contributed by atoms with Crippen molar-refractivity contribution in [3.05, 3.63) is 75.9 Å². The number of aromatic nitrogens is 1. The van der Waals surface area contributed by atoms with Crippen LogP contribution < -0.4 is 10.5 Å². The van der Waals surface area contributed by atoms with E-state index >= 15 is 0 Å². The molecule has 2 N–H and O–H groups in total. The average molecular weight is 555 g/mol. The van der Waals surface area contributed by atoms with Crippen LogP contribution in [0.2, 0.25) is 5.02 Å². The van der Waals surface area contributed by atoms with Crippen molar-refractivity contribution in [2.75, 3.05) is 31.9 Å². The first-order valence-corrected chi connectivity index (χ1v) is 13.8. The summed E-state index contributed by atoms with van der Waals surface area (Å²) < 4.78 is 35.0. The van der Waals surface area contributed by atoms with Gasteiger partial charge in [0.2, 0.25) is 0 Å². The van der Waals surface area contributed by atoms with E-state index in [4.69, 9.17) is 22.1 Å². The van der Waals surface area contributed by atoms with E-state index in [1.165, 1.54) is 25.0 Å². The van der Waals surface area contributed by atoms with E-state index < -0.39 is 17.7 Å². The third kappa shape index (κ3) is 5.72. The van der Waals surface area contributed by atoms with Gasteiger partial charge in [-0.15, -0.1) is 0 Å². The number of rotatable bonds is 6. The highest BCUT2D eigenvalue weighted by molar-refractivity contribution is 6.31. The van der Waals surface area contributed by atoms with E-state index in [2.05, 4.69) is 9.88 Å². The highest BCUT2D eigenvalue weighted by atomic mass is 35.5. The van der Waals surface area contributed by atoms with Gasteiger partial charge in [0.05, 0.1) is 10.6 Å². The number of halogens is 3. The van der Waals surface area contributed by atoms with Gasteiger partial charge in [0.1, 0.15) is 17.7 Å². The molecule has 2 aromatic carbocycles. The van der Waals surface area contributed by atoms with Crippen LogP contribution in [0.3, 0.4) is 0 Å². The number of aryl methyl sites for hydroxylation is 1. The van der Waals surface area contributed by atoms with Crippen molar-refractivity contribution < 1.29 is 18.3 Å². The predicted molar refractivity (Wildman–Crippen MR) is 149 cm³/mol. The Morgan fingerprint density at radius 2 is 1.74 bits per heavy atom. The number of hydrogen-bond acceptors (Lipinski definition) is 5. The van der Waals surface area contributed by atoms with Gasteiger partial charge in [-0.3, -0.25) is 4.79 Å². The lowest BCUT2D eigenvalue weighted by Gasteiger charge is -2.36. The van der Waals surface area contributed by atoms with E-state index in [-0.39, 0.29) is 28.1 Å². The average Bonchev–Trinajstić information content (AvgIpc) is 3.47. The maximum Gasteiger partial charge on any atom is 0.256 e. The van der Waals surface area contributed by atoms with Gasteiger partial charge in [0.15, 0.2) is 11.6 Å². The van der Waals surface area contributed by atoms with Gasteiger partial charge < -0.3 is 20.3 Å². The molecule has 2 aliphatic rings. The number of carbonyl (C=O) groups excluding carboxylic acids is 1. The van der Waals surface area contributed by atoms with E-state index in [9.17, 15) is 13.6 Å². The molecule has 0 saturated carbocycles. The predicted octanol–water partition coefficient (Wildman–Crippen LogP) is 6.41. The monoisotopic (exact) mass is 554 g/mol. The van der Waals surface area contributed by atoms with Gasteiger partial charge in [-0.25, -0.2) is 13.8 Å². The molecule has 2 fully saturated rings. The molecule has 1 unspecified atom stereocenters. The number of benzene rings is 2. The molecule has 1 atom stereocenters. The lowest BCUT2D eigenvalue weighted by Crippen LogP contribution is -2.46. The highest BCUT2D eigenvalue weighted by Gasteiger charge is 2.30. The van der Waals surface area contributed by atoms with Gasteiger partial charge in [-0.05, 0) is 88.0 Å². The Hall–Kier alpha value is -3.23. The first-order valence-electron chi connectivity index (χ1n) is 13.4. The zero-order chi connectivity index (χ0) is 27.7. The number of carbonyl (C=O) groups is 1. The minimum absolute atomic E-state index is 0.00339. The highest BCUT2D eigenvalue weighted by Crippen LogP contribution is 2.35. The van der Waals surface area contributed by atoms with Crippen molar-refractivity contribution in [1.29, 1.82) is 0 Å². The van der Waals surface area contributed by atoms with Gasteiger partial charge in [0, 0.05) is 36.5 Å². The molecule has 2 saturated heterocycles. The van der Waals surface area contributed by atoms with Gasteiger partial charge in [-0.2, -0.15) is 0 Å². The second-order valence-corrected chi connectivity index (χ2v) is 10.8. The maximum atomic E-state index is 14.9. The lowest BCUT2D eigenvalue weighted by atomic mass is 10.00. The van der Waals surface area contributed by atoms with Gasteiger partial charge in [-0.1, -0.05) is 23.7 Å². The van der Waals surface area contributed by atoms with Crippen molar-refractivity contribution >= 4 is 23.3 Å². The molecular formula is C30H33ClF2N4O2. The largest absolute Gasteiger partial charge is 0.482 e. The third-order valence-corrected chi connectivity index (χ3v) is 8.27. The molecule has 6 nitrogen and oxygen atoms in total. The molecule has 5 rings (SSSR count). The molecule has 0 bridgehead atoms. The zero-order valence-corrected chi connectivity index (χ0v) is 23.0. The number of anilines is 1.